The number of fused-ring (bicyclic) bond motifs is 1. The van der Waals surface area contributed by atoms with Crippen LogP contribution in [-0.2, 0) is 16.5 Å². The van der Waals surface area contributed by atoms with Gasteiger partial charge in [0.2, 0.25) is 0 Å². The third-order valence-electron chi connectivity index (χ3n) is 7.98. The second-order valence-corrected chi connectivity index (χ2v) is 11.9. The number of hydrogen-bond acceptors (Lipinski definition) is 7. The van der Waals surface area contributed by atoms with Gasteiger partial charge in [0.25, 0.3) is 0 Å². The van der Waals surface area contributed by atoms with Crippen LogP contribution in [0, 0.1) is 0 Å². The second-order valence-electron chi connectivity index (χ2n) is 11.9. The van der Waals surface area contributed by atoms with Gasteiger partial charge >= 0.3 is 12.1 Å². The number of nitrogens with one attached hydrogen (secondary N) is 1. The molecule has 0 radical (unpaired) electrons. The number of carbonyl (C=O) groups excluding carboxylic acids is 2. The molecule has 1 fully saturated rings. The van der Waals surface area contributed by atoms with Crippen molar-refractivity contribution in [1.82, 2.24) is 19.4 Å². The average Bonchev–Trinajstić information content (AvgIpc) is 3.32. The molecule has 1 aliphatic rings. The zero-order valence-corrected chi connectivity index (χ0v) is 25.2. The fourth-order valence-corrected chi connectivity index (χ4v) is 5.74. The molecule has 1 aromatic carbocycles. The predicted octanol–water partition coefficient (Wildman–Crippen LogP) is 6.71. The summed E-state index contributed by atoms with van der Waals surface area (Å²) in [5, 5.41) is 3.76. The van der Waals surface area contributed by atoms with E-state index in [9.17, 15) is 9.59 Å². The number of esters is 1. The zero-order valence-electron chi connectivity index (χ0n) is 25.2. The summed E-state index contributed by atoms with van der Waals surface area (Å²) in [6, 6.07) is 16.0. The molecule has 0 bridgehead atoms. The number of hydrogen-bond donors (Lipinski definition) is 1. The number of amides is 1. The molecular formula is C33H39N5O4. The zero-order chi connectivity index (χ0) is 30.0. The summed E-state index contributed by atoms with van der Waals surface area (Å²) in [5.74, 6) is 0.603. The number of pyridine rings is 2. The molecule has 220 valence electrons. The largest absolute Gasteiger partial charge is 0.465 e. The van der Waals surface area contributed by atoms with E-state index in [1.165, 1.54) is 18.4 Å². The number of benzene rings is 1. The molecule has 1 aliphatic heterocycles. The fourth-order valence-electron chi connectivity index (χ4n) is 5.74. The summed E-state index contributed by atoms with van der Waals surface area (Å²) in [6.07, 6.45) is 5.18. The third-order valence-corrected chi connectivity index (χ3v) is 7.98. The average molecular weight is 570 g/mol. The van der Waals surface area contributed by atoms with E-state index in [1.807, 2.05) is 51.2 Å². The summed E-state index contributed by atoms with van der Waals surface area (Å²) >= 11 is 0. The number of rotatable bonds is 6. The van der Waals surface area contributed by atoms with Gasteiger partial charge < -0.3 is 14.0 Å². The molecular weight excluding hydrogens is 530 g/mol. The first-order valence-corrected chi connectivity index (χ1v) is 14.4. The van der Waals surface area contributed by atoms with Gasteiger partial charge in [-0.2, -0.15) is 0 Å². The Hall–Kier alpha value is -4.24. The van der Waals surface area contributed by atoms with Crippen LogP contribution in [-0.4, -0.2) is 57.3 Å². The van der Waals surface area contributed by atoms with Crippen molar-refractivity contribution >= 4 is 28.9 Å². The number of piperidine rings is 1. The van der Waals surface area contributed by atoms with Crippen molar-refractivity contribution in [2.75, 3.05) is 25.5 Å². The molecule has 3 aromatic heterocycles. The number of nitrogens with zero attached hydrogens (tertiary/aromatic N) is 4. The van der Waals surface area contributed by atoms with Crippen molar-refractivity contribution in [2.45, 2.75) is 58.1 Å². The van der Waals surface area contributed by atoms with Crippen LogP contribution in [0.2, 0.25) is 0 Å². The molecule has 0 saturated carbocycles. The van der Waals surface area contributed by atoms with Gasteiger partial charge in [0.15, 0.2) is 0 Å². The van der Waals surface area contributed by atoms with Crippen molar-refractivity contribution in [2.24, 2.45) is 7.05 Å². The number of aryl methyl sites for hydroxylation is 1. The number of likely N-dealkylation sites (tertiary alicyclic amines) is 1. The Morgan fingerprint density at radius 1 is 1.02 bits per heavy atom. The highest BCUT2D eigenvalue weighted by Crippen LogP contribution is 2.36. The van der Waals surface area contributed by atoms with Crippen LogP contribution >= 0.6 is 0 Å². The smallest absolute Gasteiger partial charge is 0.413 e. The van der Waals surface area contributed by atoms with Crippen LogP contribution in [0.25, 0.3) is 22.2 Å². The van der Waals surface area contributed by atoms with Crippen molar-refractivity contribution in [1.29, 1.82) is 0 Å². The quantitative estimate of drug-likeness (QED) is 0.258. The molecule has 9 nitrogen and oxygen atoms in total. The van der Waals surface area contributed by atoms with E-state index in [2.05, 4.69) is 51.9 Å². The van der Waals surface area contributed by atoms with Gasteiger partial charge in [-0.15, -0.1) is 0 Å². The maximum atomic E-state index is 12.1. The Balaban J connectivity index is 1.29. The normalized spacial score (nSPS) is 15.4. The lowest BCUT2D eigenvalue weighted by Gasteiger charge is -2.36. The number of carbonyl (C=O) groups is 2. The van der Waals surface area contributed by atoms with E-state index in [0.717, 1.165) is 48.1 Å². The minimum Gasteiger partial charge on any atom is -0.465 e. The highest BCUT2D eigenvalue weighted by molar-refractivity contribution is 5.94. The summed E-state index contributed by atoms with van der Waals surface area (Å²) in [7, 11) is 3.48. The lowest BCUT2D eigenvalue weighted by Crippen LogP contribution is -2.35. The van der Waals surface area contributed by atoms with Crippen LogP contribution in [0.1, 0.15) is 74.1 Å². The standard InChI is InChI=1S/C33H39N5O4/c1-21(38-17-14-23(15-18-38)22-7-9-24(10-8-22)31(39)41-6)28-19-27-26(13-16-34-30(27)37(28)5)25-11-12-29(35-20-25)36-32(40)42-33(2,3)4/h7-13,16,19-21,23H,14-15,17-18H2,1-6H3,(H,35,36,40)/t21-/m0/s1. The lowest BCUT2D eigenvalue weighted by atomic mass is 9.88. The number of anilines is 1. The van der Waals surface area contributed by atoms with Crippen molar-refractivity contribution in [3.63, 3.8) is 0 Å². The Labute approximate surface area is 246 Å². The van der Waals surface area contributed by atoms with Crippen LogP contribution in [0.3, 0.4) is 0 Å². The van der Waals surface area contributed by atoms with E-state index in [4.69, 9.17) is 14.5 Å². The first kappa shape index (κ1) is 29.3. The van der Waals surface area contributed by atoms with Crippen LogP contribution in [0.15, 0.2) is 60.9 Å². The molecule has 4 aromatic rings. The molecule has 1 saturated heterocycles. The van der Waals surface area contributed by atoms with Gasteiger partial charge in [-0.1, -0.05) is 12.1 Å². The van der Waals surface area contributed by atoms with Crippen LogP contribution in [0.4, 0.5) is 10.6 Å². The number of ether oxygens (including phenoxy) is 2. The molecule has 9 heteroatoms. The maximum Gasteiger partial charge on any atom is 0.413 e. The highest BCUT2D eigenvalue weighted by Gasteiger charge is 2.27. The Bertz CT molecular complexity index is 1560. The number of methoxy groups -OCH3 is 1. The van der Waals surface area contributed by atoms with E-state index >= 15 is 0 Å². The minimum atomic E-state index is -0.579. The first-order chi connectivity index (χ1) is 20.0. The predicted molar refractivity (Wildman–Crippen MR) is 164 cm³/mol. The van der Waals surface area contributed by atoms with Crippen LogP contribution < -0.4 is 5.32 Å². The minimum absolute atomic E-state index is 0.221. The SMILES string of the molecule is COC(=O)c1ccc(C2CCN([C@@H](C)c3cc4c(-c5ccc(NC(=O)OC(C)(C)C)nc5)ccnc4n3C)CC2)cc1. The third kappa shape index (κ3) is 6.31. The molecule has 5 rings (SSSR count). The van der Waals surface area contributed by atoms with E-state index in [-0.39, 0.29) is 12.0 Å². The summed E-state index contributed by atoms with van der Waals surface area (Å²) in [6.45, 7) is 9.71. The molecule has 42 heavy (non-hydrogen) atoms. The summed E-state index contributed by atoms with van der Waals surface area (Å²) < 4.78 is 12.3. The van der Waals surface area contributed by atoms with E-state index < -0.39 is 11.7 Å². The van der Waals surface area contributed by atoms with Crippen molar-refractivity contribution < 1.29 is 19.1 Å². The fraction of sp³-hybridized carbons (Fsp3) is 0.394. The van der Waals surface area contributed by atoms with E-state index in [1.54, 1.807) is 12.3 Å². The van der Waals surface area contributed by atoms with E-state index in [0.29, 0.717) is 17.3 Å². The summed E-state index contributed by atoms with van der Waals surface area (Å²) in [4.78, 5) is 35.6. The lowest BCUT2D eigenvalue weighted by molar-refractivity contribution is 0.0598. The Kier molecular flexibility index (Phi) is 8.31. The van der Waals surface area contributed by atoms with Gasteiger partial charge in [0, 0.05) is 42.1 Å². The van der Waals surface area contributed by atoms with Crippen molar-refractivity contribution in [3.05, 3.63) is 77.7 Å². The first-order valence-electron chi connectivity index (χ1n) is 14.4. The number of aromatic nitrogens is 3. The molecule has 1 atom stereocenters. The van der Waals surface area contributed by atoms with Crippen LogP contribution in [0.5, 0.6) is 0 Å². The molecule has 0 spiro atoms. The molecule has 1 N–H and O–H groups in total. The van der Waals surface area contributed by atoms with Gasteiger partial charge in [-0.25, -0.2) is 19.6 Å². The van der Waals surface area contributed by atoms with Gasteiger partial charge in [-0.3, -0.25) is 10.2 Å². The van der Waals surface area contributed by atoms with Gasteiger partial charge in [0.05, 0.1) is 12.7 Å². The highest BCUT2D eigenvalue weighted by atomic mass is 16.6. The Morgan fingerprint density at radius 2 is 1.74 bits per heavy atom. The van der Waals surface area contributed by atoms with Crippen molar-refractivity contribution in [3.8, 4) is 11.1 Å². The molecule has 0 unspecified atom stereocenters. The van der Waals surface area contributed by atoms with Gasteiger partial charge in [0.1, 0.15) is 17.1 Å². The molecule has 4 heterocycles. The summed E-state index contributed by atoms with van der Waals surface area (Å²) in [5.41, 5.74) is 5.40. The second kappa shape index (κ2) is 11.9. The maximum absolute atomic E-state index is 12.1. The Morgan fingerprint density at radius 3 is 2.36 bits per heavy atom. The monoisotopic (exact) mass is 569 g/mol. The topological polar surface area (TPSA) is 98.6 Å². The molecule has 0 aliphatic carbocycles. The van der Waals surface area contributed by atoms with Gasteiger partial charge in [-0.05, 0) is 107 Å². The molecule has 1 amide bonds.